The van der Waals surface area contributed by atoms with E-state index in [0.29, 0.717) is 11.5 Å². The number of phenols is 1. The van der Waals surface area contributed by atoms with Gasteiger partial charge in [0.15, 0.2) is 11.5 Å². The summed E-state index contributed by atoms with van der Waals surface area (Å²) in [6, 6.07) is 1.80. The van der Waals surface area contributed by atoms with Crippen molar-refractivity contribution in [1.82, 2.24) is 0 Å². The average molecular weight is 330 g/mol. The van der Waals surface area contributed by atoms with Crippen LogP contribution in [0.5, 0.6) is 17.2 Å². The third kappa shape index (κ3) is 2.54. The van der Waals surface area contributed by atoms with E-state index in [4.69, 9.17) is 15.2 Å². The van der Waals surface area contributed by atoms with E-state index in [1.54, 1.807) is 13.2 Å². The van der Waals surface area contributed by atoms with Crippen LogP contribution in [0.2, 0.25) is 0 Å². The molecule has 1 aromatic rings. The zero-order chi connectivity index (χ0) is 14.0. The maximum atomic E-state index is 10.5. The minimum atomic E-state index is -0.499. The topological polar surface area (TPSA) is 64.7 Å². The Hall–Kier alpha value is -0.940. The van der Waals surface area contributed by atoms with Crippen molar-refractivity contribution in [2.75, 3.05) is 14.2 Å². The molecule has 0 bridgehead atoms. The summed E-state index contributed by atoms with van der Waals surface area (Å²) in [5, 5.41) is 10.5. The number of rotatable bonds is 3. The SMILES string of the molecule is COc1cc(Br)c(C2(N)CCCCC2)c(O)c1OC. The summed E-state index contributed by atoms with van der Waals surface area (Å²) < 4.78 is 11.2. The molecule has 0 amide bonds. The predicted molar refractivity (Wildman–Crippen MR) is 77.9 cm³/mol. The quantitative estimate of drug-likeness (QED) is 0.893. The summed E-state index contributed by atoms with van der Waals surface area (Å²) >= 11 is 3.50. The van der Waals surface area contributed by atoms with Gasteiger partial charge >= 0.3 is 0 Å². The van der Waals surface area contributed by atoms with Crippen LogP contribution in [0.25, 0.3) is 0 Å². The monoisotopic (exact) mass is 329 g/mol. The lowest BCUT2D eigenvalue weighted by Gasteiger charge is -2.35. The molecule has 4 nitrogen and oxygen atoms in total. The third-order valence-corrected chi connectivity index (χ3v) is 4.47. The molecule has 1 fully saturated rings. The van der Waals surface area contributed by atoms with E-state index in [9.17, 15) is 5.11 Å². The van der Waals surface area contributed by atoms with Crippen LogP contribution in [-0.2, 0) is 5.54 Å². The first-order valence-corrected chi connectivity index (χ1v) is 7.25. The summed E-state index contributed by atoms with van der Waals surface area (Å²) in [5.41, 5.74) is 6.74. The molecule has 0 heterocycles. The highest BCUT2D eigenvalue weighted by Gasteiger charge is 2.36. The van der Waals surface area contributed by atoms with Crippen LogP contribution < -0.4 is 15.2 Å². The summed E-state index contributed by atoms with van der Waals surface area (Å²) in [4.78, 5) is 0. The van der Waals surface area contributed by atoms with Crippen molar-refractivity contribution >= 4 is 15.9 Å². The van der Waals surface area contributed by atoms with Crippen molar-refractivity contribution in [3.63, 3.8) is 0 Å². The Morgan fingerprint density at radius 3 is 2.37 bits per heavy atom. The molecule has 0 unspecified atom stereocenters. The summed E-state index contributed by atoms with van der Waals surface area (Å²) in [5.74, 6) is 0.921. The number of hydrogen-bond acceptors (Lipinski definition) is 4. The van der Waals surface area contributed by atoms with Crippen LogP contribution in [0.1, 0.15) is 37.7 Å². The molecule has 0 aliphatic heterocycles. The van der Waals surface area contributed by atoms with Gasteiger partial charge in [0.2, 0.25) is 5.75 Å². The fourth-order valence-electron chi connectivity index (χ4n) is 2.85. The molecular weight excluding hydrogens is 310 g/mol. The highest BCUT2D eigenvalue weighted by atomic mass is 79.9. The maximum absolute atomic E-state index is 10.5. The fourth-order valence-corrected chi connectivity index (χ4v) is 3.64. The zero-order valence-corrected chi connectivity index (χ0v) is 12.9. The molecule has 106 valence electrons. The number of aromatic hydroxyl groups is 1. The van der Waals surface area contributed by atoms with Gasteiger partial charge in [-0.05, 0) is 18.9 Å². The first kappa shape index (κ1) is 14.5. The van der Waals surface area contributed by atoms with Crippen molar-refractivity contribution in [3.8, 4) is 17.2 Å². The molecule has 5 heteroatoms. The molecule has 0 atom stereocenters. The second kappa shape index (κ2) is 5.59. The van der Waals surface area contributed by atoms with Crippen LogP contribution in [0.15, 0.2) is 10.5 Å². The lowest BCUT2D eigenvalue weighted by Crippen LogP contribution is -2.39. The van der Waals surface area contributed by atoms with Crippen molar-refractivity contribution < 1.29 is 14.6 Å². The molecule has 2 rings (SSSR count). The van der Waals surface area contributed by atoms with Crippen LogP contribution in [-0.4, -0.2) is 19.3 Å². The van der Waals surface area contributed by atoms with Gasteiger partial charge in [0.05, 0.1) is 14.2 Å². The number of nitrogens with two attached hydrogens (primary N) is 1. The lowest BCUT2D eigenvalue weighted by molar-refractivity contribution is 0.280. The normalized spacial score (nSPS) is 18.1. The zero-order valence-electron chi connectivity index (χ0n) is 11.3. The smallest absolute Gasteiger partial charge is 0.203 e. The van der Waals surface area contributed by atoms with Gasteiger partial charge < -0.3 is 20.3 Å². The first-order valence-electron chi connectivity index (χ1n) is 6.46. The van der Waals surface area contributed by atoms with E-state index in [-0.39, 0.29) is 5.75 Å². The lowest BCUT2D eigenvalue weighted by atomic mass is 9.77. The molecule has 0 saturated heterocycles. The van der Waals surface area contributed by atoms with Crippen molar-refractivity contribution in [1.29, 1.82) is 0 Å². The Morgan fingerprint density at radius 2 is 1.84 bits per heavy atom. The van der Waals surface area contributed by atoms with Gasteiger partial charge in [-0.2, -0.15) is 0 Å². The number of ether oxygens (including phenoxy) is 2. The first-order chi connectivity index (χ1) is 9.03. The molecule has 1 aliphatic rings. The Bertz CT molecular complexity index is 470. The third-order valence-electron chi connectivity index (χ3n) is 3.84. The van der Waals surface area contributed by atoms with Crippen molar-refractivity contribution in [2.24, 2.45) is 5.73 Å². The number of benzene rings is 1. The van der Waals surface area contributed by atoms with E-state index >= 15 is 0 Å². The van der Waals surface area contributed by atoms with Gasteiger partial charge in [-0.1, -0.05) is 35.2 Å². The summed E-state index contributed by atoms with van der Waals surface area (Å²) in [6.07, 6.45) is 5.10. The van der Waals surface area contributed by atoms with E-state index in [0.717, 1.165) is 35.7 Å². The average Bonchev–Trinajstić information content (AvgIpc) is 2.38. The van der Waals surface area contributed by atoms with Gasteiger partial charge in [0.25, 0.3) is 0 Å². The van der Waals surface area contributed by atoms with Gasteiger partial charge in [-0.15, -0.1) is 0 Å². The Morgan fingerprint density at radius 1 is 1.21 bits per heavy atom. The minimum Gasteiger partial charge on any atom is -0.504 e. The number of phenolic OH excluding ortho intramolecular Hbond substituents is 1. The minimum absolute atomic E-state index is 0.0816. The Balaban J connectivity index is 2.56. The van der Waals surface area contributed by atoms with Crippen LogP contribution >= 0.6 is 15.9 Å². The van der Waals surface area contributed by atoms with Crippen LogP contribution in [0.4, 0.5) is 0 Å². The Labute approximate surface area is 122 Å². The van der Waals surface area contributed by atoms with E-state index in [1.165, 1.54) is 13.5 Å². The largest absolute Gasteiger partial charge is 0.504 e. The summed E-state index contributed by atoms with van der Waals surface area (Å²) in [7, 11) is 3.06. The Kier molecular flexibility index (Phi) is 4.26. The fraction of sp³-hybridized carbons (Fsp3) is 0.571. The second-order valence-electron chi connectivity index (χ2n) is 5.03. The molecule has 1 aromatic carbocycles. The van der Waals surface area contributed by atoms with Gasteiger partial charge in [0, 0.05) is 15.6 Å². The van der Waals surface area contributed by atoms with Crippen LogP contribution in [0.3, 0.4) is 0 Å². The standard InChI is InChI=1S/C14H20BrNO3/c1-18-10-8-9(15)11(12(17)13(10)19-2)14(16)6-4-3-5-7-14/h8,17H,3-7,16H2,1-2H3. The van der Waals surface area contributed by atoms with Crippen molar-refractivity contribution in [3.05, 3.63) is 16.1 Å². The molecule has 1 aliphatic carbocycles. The number of hydrogen-bond donors (Lipinski definition) is 2. The van der Waals surface area contributed by atoms with Crippen LogP contribution in [0, 0.1) is 0 Å². The van der Waals surface area contributed by atoms with E-state index in [1.807, 2.05) is 0 Å². The highest BCUT2D eigenvalue weighted by Crippen LogP contribution is 2.50. The number of methoxy groups -OCH3 is 2. The number of halogens is 1. The van der Waals surface area contributed by atoms with Crippen molar-refractivity contribution in [2.45, 2.75) is 37.6 Å². The van der Waals surface area contributed by atoms with Gasteiger partial charge in [-0.25, -0.2) is 0 Å². The predicted octanol–water partition coefficient (Wildman–Crippen LogP) is 3.29. The second-order valence-corrected chi connectivity index (χ2v) is 5.89. The molecule has 0 spiro atoms. The molecular formula is C14H20BrNO3. The molecule has 3 N–H and O–H groups in total. The van der Waals surface area contributed by atoms with Gasteiger partial charge in [0.1, 0.15) is 0 Å². The summed E-state index contributed by atoms with van der Waals surface area (Å²) in [6.45, 7) is 0. The van der Waals surface area contributed by atoms with E-state index in [2.05, 4.69) is 15.9 Å². The molecule has 1 saturated carbocycles. The molecule has 0 radical (unpaired) electrons. The van der Waals surface area contributed by atoms with E-state index < -0.39 is 5.54 Å². The molecule has 19 heavy (non-hydrogen) atoms. The molecule has 0 aromatic heterocycles. The maximum Gasteiger partial charge on any atom is 0.203 e. The van der Waals surface area contributed by atoms with Gasteiger partial charge in [-0.3, -0.25) is 0 Å². The highest BCUT2D eigenvalue weighted by molar-refractivity contribution is 9.10.